The second-order valence-corrected chi connectivity index (χ2v) is 5.66. The molecule has 0 heterocycles. The highest BCUT2D eigenvalue weighted by Gasteiger charge is 2.24. The van der Waals surface area contributed by atoms with E-state index in [-0.39, 0.29) is 15.5 Å². The van der Waals surface area contributed by atoms with Crippen molar-refractivity contribution in [1.29, 1.82) is 5.26 Å². The number of nitrogens with zero attached hydrogens (tertiary/aromatic N) is 2. The predicted octanol–water partition coefficient (Wildman–Crippen LogP) is 2.24. The first kappa shape index (κ1) is 14.0. The van der Waals surface area contributed by atoms with Crippen molar-refractivity contribution in [3.05, 3.63) is 28.8 Å². The summed E-state index contributed by atoms with van der Waals surface area (Å²) in [5.74, 6) is 0. The number of hydrogen-bond acceptors (Lipinski definition) is 3. The highest BCUT2D eigenvalue weighted by molar-refractivity contribution is 7.89. The Morgan fingerprint density at radius 2 is 1.94 bits per heavy atom. The van der Waals surface area contributed by atoms with Crippen LogP contribution in [-0.4, -0.2) is 25.8 Å². The molecule has 0 aliphatic rings. The molecule has 0 radical (unpaired) electrons. The van der Waals surface area contributed by atoms with Crippen LogP contribution in [0.15, 0.2) is 23.1 Å². The largest absolute Gasteiger partial charge is 0.244 e. The van der Waals surface area contributed by atoms with E-state index in [2.05, 4.69) is 0 Å². The van der Waals surface area contributed by atoms with Crippen LogP contribution in [0.25, 0.3) is 0 Å². The number of hydrogen-bond donors (Lipinski definition) is 0. The van der Waals surface area contributed by atoms with Gasteiger partial charge in [-0.25, -0.2) is 8.42 Å². The SMILES string of the molecule is CCN(CC)S(=O)(=O)c1cc(C#N)ccc1Cl. The molecule has 0 fully saturated rings. The molecule has 0 N–H and O–H groups in total. The van der Waals surface area contributed by atoms with Crippen LogP contribution in [0.5, 0.6) is 0 Å². The van der Waals surface area contributed by atoms with E-state index < -0.39 is 10.0 Å². The molecule has 0 amide bonds. The summed E-state index contributed by atoms with van der Waals surface area (Å²) < 4.78 is 25.7. The number of nitriles is 1. The summed E-state index contributed by atoms with van der Waals surface area (Å²) in [5, 5.41) is 8.91. The Morgan fingerprint density at radius 3 is 2.41 bits per heavy atom. The number of halogens is 1. The van der Waals surface area contributed by atoms with Gasteiger partial charge in [0, 0.05) is 13.1 Å². The normalized spacial score (nSPS) is 11.5. The first-order valence-corrected chi connectivity index (χ1v) is 6.99. The van der Waals surface area contributed by atoms with Crippen molar-refractivity contribution in [1.82, 2.24) is 4.31 Å². The third-order valence-corrected chi connectivity index (χ3v) is 4.91. The van der Waals surface area contributed by atoms with E-state index in [1.807, 2.05) is 6.07 Å². The van der Waals surface area contributed by atoms with Crippen LogP contribution in [0, 0.1) is 11.3 Å². The van der Waals surface area contributed by atoms with Gasteiger partial charge in [0.25, 0.3) is 0 Å². The molecule has 0 aromatic heterocycles. The van der Waals surface area contributed by atoms with Crippen molar-refractivity contribution < 1.29 is 8.42 Å². The quantitative estimate of drug-likeness (QED) is 0.844. The Bertz CT molecular complexity index is 545. The van der Waals surface area contributed by atoms with Crippen LogP contribution < -0.4 is 0 Å². The van der Waals surface area contributed by atoms with E-state index in [4.69, 9.17) is 16.9 Å². The molecule has 92 valence electrons. The molecule has 0 spiro atoms. The summed E-state index contributed by atoms with van der Waals surface area (Å²) in [6, 6.07) is 6.12. The molecular weight excluding hydrogens is 260 g/mol. The zero-order valence-corrected chi connectivity index (χ0v) is 11.2. The standard InChI is InChI=1S/C11H13ClN2O2S/c1-3-14(4-2)17(15,16)11-7-9(8-13)5-6-10(11)12/h5-7H,3-4H2,1-2H3. The van der Waals surface area contributed by atoms with E-state index in [0.717, 1.165) is 0 Å². The van der Waals surface area contributed by atoms with Crippen molar-refractivity contribution in [3.8, 4) is 6.07 Å². The lowest BCUT2D eigenvalue weighted by Crippen LogP contribution is -2.30. The monoisotopic (exact) mass is 272 g/mol. The van der Waals surface area contributed by atoms with Gasteiger partial charge < -0.3 is 0 Å². The van der Waals surface area contributed by atoms with Gasteiger partial charge in [0.15, 0.2) is 0 Å². The average Bonchev–Trinajstić information content (AvgIpc) is 2.30. The van der Waals surface area contributed by atoms with Gasteiger partial charge in [-0.2, -0.15) is 9.57 Å². The Morgan fingerprint density at radius 1 is 1.35 bits per heavy atom. The maximum atomic E-state index is 12.2. The van der Waals surface area contributed by atoms with E-state index in [0.29, 0.717) is 13.1 Å². The summed E-state index contributed by atoms with van der Waals surface area (Å²) in [6.07, 6.45) is 0. The lowest BCUT2D eigenvalue weighted by molar-refractivity contribution is 0.445. The van der Waals surface area contributed by atoms with Crippen LogP contribution in [0.4, 0.5) is 0 Å². The molecule has 4 nitrogen and oxygen atoms in total. The predicted molar refractivity (Wildman–Crippen MR) is 66.3 cm³/mol. The Hall–Kier alpha value is -1.09. The molecule has 0 aliphatic carbocycles. The summed E-state index contributed by atoms with van der Waals surface area (Å²) in [4.78, 5) is -0.0121. The molecule has 1 aromatic rings. The van der Waals surface area contributed by atoms with Gasteiger partial charge in [-0.15, -0.1) is 0 Å². The van der Waals surface area contributed by atoms with Crippen molar-refractivity contribution >= 4 is 21.6 Å². The molecule has 0 bridgehead atoms. The first-order chi connectivity index (χ1) is 7.97. The fourth-order valence-corrected chi connectivity index (χ4v) is 3.43. The maximum Gasteiger partial charge on any atom is 0.244 e. The van der Waals surface area contributed by atoms with Crippen LogP contribution in [0.3, 0.4) is 0 Å². The van der Waals surface area contributed by atoms with Gasteiger partial charge in [-0.3, -0.25) is 0 Å². The van der Waals surface area contributed by atoms with Crippen molar-refractivity contribution in [2.75, 3.05) is 13.1 Å². The summed E-state index contributed by atoms with van der Waals surface area (Å²) in [5.41, 5.74) is 0.278. The van der Waals surface area contributed by atoms with E-state index in [1.54, 1.807) is 13.8 Å². The topological polar surface area (TPSA) is 61.2 Å². The number of sulfonamides is 1. The second-order valence-electron chi connectivity index (χ2n) is 3.35. The third-order valence-electron chi connectivity index (χ3n) is 2.38. The highest BCUT2D eigenvalue weighted by atomic mass is 35.5. The molecule has 17 heavy (non-hydrogen) atoms. The molecule has 0 atom stereocenters. The van der Waals surface area contributed by atoms with E-state index in [1.165, 1.54) is 22.5 Å². The zero-order valence-electron chi connectivity index (χ0n) is 9.64. The molecule has 0 saturated carbocycles. The molecule has 0 saturated heterocycles. The summed E-state index contributed by atoms with van der Waals surface area (Å²) in [6.45, 7) is 4.24. The van der Waals surface area contributed by atoms with Crippen LogP contribution in [0.1, 0.15) is 19.4 Å². The first-order valence-electron chi connectivity index (χ1n) is 5.17. The van der Waals surface area contributed by atoms with Crippen molar-refractivity contribution in [3.63, 3.8) is 0 Å². The van der Waals surface area contributed by atoms with E-state index >= 15 is 0 Å². The van der Waals surface area contributed by atoms with Crippen molar-refractivity contribution in [2.24, 2.45) is 0 Å². The minimum Gasteiger partial charge on any atom is -0.207 e. The fraction of sp³-hybridized carbons (Fsp3) is 0.364. The van der Waals surface area contributed by atoms with Gasteiger partial charge in [-0.05, 0) is 18.2 Å². The van der Waals surface area contributed by atoms with Gasteiger partial charge >= 0.3 is 0 Å². The smallest absolute Gasteiger partial charge is 0.207 e. The fourth-order valence-electron chi connectivity index (χ4n) is 1.47. The van der Waals surface area contributed by atoms with Crippen molar-refractivity contribution in [2.45, 2.75) is 18.7 Å². The Balaban J connectivity index is 3.38. The molecular formula is C11H13ClN2O2S. The van der Waals surface area contributed by atoms with Crippen LogP contribution in [0.2, 0.25) is 5.02 Å². The Kier molecular flexibility index (Phi) is 4.52. The molecule has 1 aromatic carbocycles. The highest BCUT2D eigenvalue weighted by Crippen LogP contribution is 2.25. The van der Waals surface area contributed by atoms with Gasteiger partial charge in [0.2, 0.25) is 10.0 Å². The minimum absolute atomic E-state index is 0.0121. The maximum absolute atomic E-state index is 12.2. The minimum atomic E-state index is -3.61. The Labute approximate surface area is 106 Å². The second kappa shape index (κ2) is 5.50. The molecule has 0 unspecified atom stereocenters. The van der Waals surface area contributed by atoms with Crippen LogP contribution in [-0.2, 0) is 10.0 Å². The third kappa shape index (κ3) is 2.78. The lowest BCUT2D eigenvalue weighted by atomic mass is 10.2. The van der Waals surface area contributed by atoms with Gasteiger partial charge in [0.1, 0.15) is 4.90 Å². The molecule has 1 rings (SSSR count). The van der Waals surface area contributed by atoms with E-state index in [9.17, 15) is 8.42 Å². The summed E-state index contributed by atoms with van der Waals surface area (Å²) >= 11 is 5.88. The van der Waals surface area contributed by atoms with Crippen LogP contribution >= 0.6 is 11.6 Å². The van der Waals surface area contributed by atoms with Gasteiger partial charge in [0.05, 0.1) is 16.7 Å². The van der Waals surface area contributed by atoms with Gasteiger partial charge in [-0.1, -0.05) is 25.4 Å². The zero-order chi connectivity index (χ0) is 13.1. The number of benzene rings is 1. The summed E-state index contributed by atoms with van der Waals surface area (Å²) in [7, 11) is -3.61. The molecule has 6 heteroatoms. The number of rotatable bonds is 4. The average molecular weight is 273 g/mol. The molecule has 0 aliphatic heterocycles. The lowest BCUT2D eigenvalue weighted by Gasteiger charge is -2.19.